The van der Waals surface area contributed by atoms with Crippen LogP contribution in [-0.2, 0) is 4.79 Å². The Morgan fingerprint density at radius 3 is 2.42 bits per heavy atom. The van der Waals surface area contributed by atoms with Crippen molar-refractivity contribution in [3.8, 4) is 0 Å². The summed E-state index contributed by atoms with van der Waals surface area (Å²) in [5, 5.41) is 12.1. The van der Waals surface area contributed by atoms with Gasteiger partial charge in [0.25, 0.3) is 0 Å². The Balaban J connectivity index is 2.21. The molecule has 0 unspecified atom stereocenters. The number of amides is 1. The second-order valence-corrected chi connectivity index (χ2v) is 5.60. The Morgan fingerprint density at radius 2 is 1.84 bits per heavy atom. The highest BCUT2D eigenvalue weighted by Gasteiger charge is 2.23. The molecule has 0 aromatic rings. The van der Waals surface area contributed by atoms with Crippen molar-refractivity contribution in [3.63, 3.8) is 0 Å². The molecule has 112 valence electrons. The Labute approximate surface area is 117 Å². The molecule has 1 aliphatic heterocycles. The van der Waals surface area contributed by atoms with Gasteiger partial charge in [0.1, 0.15) is 0 Å². The zero-order chi connectivity index (χ0) is 13.9. The second-order valence-electron chi connectivity index (χ2n) is 5.60. The number of hydrogen-bond acceptors (Lipinski definition) is 3. The van der Waals surface area contributed by atoms with Gasteiger partial charge in [-0.1, -0.05) is 32.6 Å². The highest BCUT2D eigenvalue weighted by Crippen LogP contribution is 2.12. The van der Waals surface area contributed by atoms with Gasteiger partial charge in [0.05, 0.1) is 0 Å². The van der Waals surface area contributed by atoms with E-state index in [2.05, 4.69) is 12.2 Å². The van der Waals surface area contributed by atoms with E-state index in [0.29, 0.717) is 25.3 Å². The third kappa shape index (κ3) is 6.92. The van der Waals surface area contributed by atoms with Crippen LogP contribution in [0.4, 0.5) is 0 Å². The van der Waals surface area contributed by atoms with E-state index in [1.165, 1.54) is 25.7 Å². The topological polar surface area (TPSA) is 52.6 Å². The summed E-state index contributed by atoms with van der Waals surface area (Å²) in [7, 11) is 0. The number of aliphatic hydroxyl groups excluding tert-OH is 1. The standard InChI is InChI=1S/C15H30N2O2/c1-2-3-4-5-6-8-17(9-7-10-18)15(19)11-14-12-16-13-14/h14,16,18H,2-13H2,1H3. The molecule has 4 nitrogen and oxygen atoms in total. The molecule has 1 fully saturated rings. The van der Waals surface area contributed by atoms with Crippen LogP contribution >= 0.6 is 0 Å². The monoisotopic (exact) mass is 270 g/mol. The molecule has 19 heavy (non-hydrogen) atoms. The maximum Gasteiger partial charge on any atom is 0.222 e. The number of nitrogens with zero attached hydrogens (tertiary/aromatic N) is 1. The Kier molecular flexibility index (Phi) is 8.84. The normalized spacial score (nSPS) is 15.3. The van der Waals surface area contributed by atoms with Gasteiger partial charge in [0.15, 0.2) is 0 Å². The summed E-state index contributed by atoms with van der Waals surface area (Å²) in [6.45, 7) is 5.92. The number of hydrogen-bond donors (Lipinski definition) is 2. The summed E-state index contributed by atoms with van der Waals surface area (Å²) >= 11 is 0. The Hall–Kier alpha value is -0.610. The SMILES string of the molecule is CCCCCCCN(CCCO)C(=O)CC1CNC1. The lowest BCUT2D eigenvalue weighted by Crippen LogP contribution is -2.45. The quantitative estimate of drug-likeness (QED) is 0.563. The first-order valence-corrected chi connectivity index (χ1v) is 7.87. The van der Waals surface area contributed by atoms with Gasteiger partial charge in [-0.3, -0.25) is 4.79 Å². The minimum Gasteiger partial charge on any atom is -0.396 e. The van der Waals surface area contributed by atoms with Gasteiger partial charge < -0.3 is 15.3 Å². The summed E-state index contributed by atoms with van der Waals surface area (Å²) in [5.74, 6) is 0.805. The minimum atomic E-state index is 0.171. The van der Waals surface area contributed by atoms with Crippen LogP contribution in [0, 0.1) is 5.92 Å². The van der Waals surface area contributed by atoms with Crippen LogP contribution in [-0.4, -0.2) is 48.7 Å². The average Bonchev–Trinajstić information content (AvgIpc) is 2.37. The van der Waals surface area contributed by atoms with Crippen molar-refractivity contribution >= 4 is 5.91 Å². The second kappa shape index (κ2) is 10.2. The first kappa shape index (κ1) is 16.4. The summed E-state index contributed by atoms with van der Waals surface area (Å²) in [6, 6.07) is 0. The first-order chi connectivity index (χ1) is 9.27. The zero-order valence-corrected chi connectivity index (χ0v) is 12.4. The Bertz CT molecular complexity index is 242. The first-order valence-electron chi connectivity index (χ1n) is 7.87. The third-order valence-electron chi connectivity index (χ3n) is 3.80. The van der Waals surface area contributed by atoms with E-state index < -0.39 is 0 Å². The van der Waals surface area contributed by atoms with Gasteiger partial charge in [-0.2, -0.15) is 0 Å². The van der Waals surface area contributed by atoms with Crippen LogP contribution in [0.1, 0.15) is 51.9 Å². The number of carbonyl (C=O) groups excluding carboxylic acids is 1. The van der Waals surface area contributed by atoms with Crippen LogP contribution in [0.5, 0.6) is 0 Å². The van der Waals surface area contributed by atoms with E-state index in [1.54, 1.807) is 0 Å². The van der Waals surface area contributed by atoms with Crippen molar-refractivity contribution in [2.75, 3.05) is 32.8 Å². The molecule has 0 aliphatic carbocycles. The molecule has 1 heterocycles. The maximum atomic E-state index is 12.2. The molecular formula is C15H30N2O2. The molecule has 1 amide bonds. The molecule has 4 heteroatoms. The van der Waals surface area contributed by atoms with Crippen molar-refractivity contribution in [3.05, 3.63) is 0 Å². The van der Waals surface area contributed by atoms with E-state index in [-0.39, 0.29) is 12.5 Å². The van der Waals surface area contributed by atoms with E-state index >= 15 is 0 Å². The van der Waals surface area contributed by atoms with Crippen LogP contribution in [0.25, 0.3) is 0 Å². The number of rotatable bonds is 11. The maximum absolute atomic E-state index is 12.2. The van der Waals surface area contributed by atoms with Crippen molar-refractivity contribution < 1.29 is 9.90 Å². The van der Waals surface area contributed by atoms with Gasteiger partial charge in [-0.15, -0.1) is 0 Å². The molecule has 1 aliphatic rings. The van der Waals surface area contributed by atoms with Crippen molar-refractivity contribution in [2.45, 2.75) is 51.9 Å². The van der Waals surface area contributed by atoms with Crippen LogP contribution in [0.3, 0.4) is 0 Å². The van der Waals surface area contributed by atoms with E-state index in [0.717, 1.165) is 26.1 Å². The fourth-order valence-corrected chi connectivity index (χ4v) is 2.40. The fraction of sp³-hybridized carbons (Fsp3) is 0.933. The number of aliphatic hydroxyl groups is 1. The molecule has 1 saturated heterocycles. The molecule has 0 spiro atoms. The lowest BCUT2D eigenvalue weighted by molar-refractivity contribution is -0.132. The van der Waals surface area contributed by atoms with Gasteiger partial charge in [0.2, 0.25) is 5.91 Å². The number of carbonyl (C=O) groups is 1. The van der Waals surface area contributed by atoms with Crippen LogP contribution in [0.15, 0.2) is 0 Å². The smallest absolute Gasteiger partial charge is 0.222 e. The predicted molar refractivity (Wildman–Crippen MR) is 78.0 cm³/mol. The lowest BCUT2D eigenvalue weighted by atomic mass is 9.98. The van der Waals surface area contributed by atoms with Gasteiger partial charge in [0, 0.05) is 26.1 Å². The minimum absolute atomic E-state index is 0.171. The summed E-state index contributed by atoms with van der Waals surface area (Å²) in [6.07, 6.45) is 7.49. The molecular weight excluding hydrogens is 240 g/mol. The van der Waals surface area contributed by atoms with Gasteiger partial charge in [-0.25, -0.2) is 0 Å². The molecule has 0 saturated carbocycles. The fourth-order valence-electron chi connectivity index (χ4n) is 2.40. The third-order valence-corrected chi connectivity index (χ3v) is 3.80. The highest BCUT2D eigenvalue weighted by atomic mass is 16.3. The molecule has 0 aromatic heterocycles. The van der Waals surface area contributed by atoms with E-state index in [4.69, 9.17) is 5.11 Å². The van der Waals surface area contributed by atoms with Crippen molar-refractivity contribution in [1.82, 2.24) is 10.2 Å². The van der Waals surface area contributed by atoms with Crippen LogP contribution in [0.2, 0.25) is 0 Å². The summed E-state index contributed by atoms with van der Waals surface area (Å²) < 4.78 is 0. The molecule has 2 N–H and O–H groups in total. The van der Waals surface area contributed by atoms with Crippen LogP contribution < -0.4 is 5.32 Å². The average molecular weight is 270 g/mol. The van der Waals surface area contributed by atoms with Crippen molar-refractivity contribution in [1.29, 1.82) is 0 Å². The predicted octanol–water partition coefficient (Wildman–Crippen LogP) is 1.78. The summed E-state index contributed by atoms with van der Waals surface area (Å²) in [5.41, 5.74) is 0. The van der Waals surface area contributed by atoms with Gasteiger partial charge in [-0.05, 0) is 31.8 Å². The molecule has 1 rings (SSSR count). The lowest BCUT2D eigenvalue weighted by Gasteiger charge is -2.30. The zero-order valence-electron chi connectivity index (χ0n) is 12.4. The van der Waals surface area contributed by atoms with E-state index in [1.807, 2.05) is 4.90 Å². The molecule has 0 radical (unpaired) electrons. The number of unbranched alkanes of at least 4 members (excludes halogenated alkanes) is 4. The largest absolute Gasteiger partial charge is 0.396 e. The Morgan fingerprint density at radius 1 is 1.16 bits per heavy atom. The highest BCUT2D eigenvalue weighted by molar-refractivity contribution is 5.76. The van der Waals surface area contributed by atoms with E-state index in [9.17, 15) is 4.79 Å². The van der Waals surface area contributed by atoms with Crippen molar-refractivity contribution in [2.24, 2.45) is 5.92 Å². The molecule has 0 atom stereocenters. The molecule has 0 bridgehead atoms. The number of nitrogens with one attached hydrogen (secondary N) is 1. The van der Waals surface area contributed by atoms with Gasteiger partial charge >= 0.3 is 0 Å². The molecule has 0 aromatic carbocycles. The summed E-state index contributed by atoms with van der Waals surface area (Å²) in [4.78, 5) is 14.1.